The van der Waals surface area contributed by atoms with Crippen LogP contribution < -0.4 is 5.32 Å². The first-order valence-electron chi connectivity index (χ1n) is 8.41. The standard InChI is InChI=1S/C17H21N7/c1-2-16-21-17-8-5-14(10-23(17)22-16)19-9-13-3-6-15(7-4-13)24-12-18-11-20-24/h3-4,6-7,11-12,14,19H,2,5,8-10H2,1H3/t14-/m0/s1. The summed E-state index contributed by atoms with van der Waals surface area (Å²) in [5.74, 6) is 2.08. The maximum Gasteiger partial charge on any atom is 0.150 e. The first-order valence-corrected chi connectivity index (χ1v) is 8.41. The lowest BCUT2D eigenvalue weighted by atomic mass is 10.1. The zero-order valence-corrected chi connectivity index (χ0v) is 13.8. The van der Waals surface area contributed by atoms with Crippen molar-refractivity contribution in [2.45, 2.75) is 45.3 Å². The predicted molar refractivity (Wildman–Crippen MR) is 89.7 cm³/mol. The second kappa shape index (κ2) is 6.52. The van der Waals surface area contributed by atoms with Crippen molar-refractivity contribution in [1.82, 2.24) is 34.8 Å². The largest absolute Gasteiger partial charge is 0.308 e. The van der Waals surface area contributed by atoms with Gasteiger partial charge in [0.2, 0.25) is 0 Å². The molecule has 1 N–H and O–H groups in total. The molecular formula is C17H21N7. The molecule has 7 heteroatoms. The van der Waals surface area contributed by atoms with E-state index >= 15 is 0 Å². The topological polar surface area (TPSA) is 73.5 Å². The molecule has 0 saturated heterocycles. The van der Waals surface area contributed by atoms with Crippen LogP contribution in [0.1, 0.15) is 30.6 Å². The normalized spacial score (nSPS) is 17.0. The Bertz CT molecular complexity index is 789. The van der Waals surface area contributed by atoms with Crippen LogP contribution in [0.3, 0.4) is 0 Å². The first-order chi connectivity index (χ1) is 11.8. The van der Waals surface area contributed by atoms with Gasteiger partial charge in [-0.2, -0.15) is 10.2 Å². The van der Waals surface area contributed by atoms with E-state index in [2.05, 4.69) is 61.4 Å². The zero-order valence-electron chi connectivity index (χ0n) is 13.8. The van der Waals surface area contributed by atoms with Crippen molar-refractivity contribution in [1.29, 1.82) is 0 Å². The van der Waals surface area contributed by atoms with Gasteiger partial charge in [0.05, 0.1) is 12.2 Å². The predicted octanol–water partition coefficient (Wildman–Crippen LogP) is 1.53. The Balaban J connectivity index is 1.35. The molecule has 1 aromatic carbocycles. The number of benzene rings is 1. The van der Waals surface area contributed by atoms with E-state index in [1.807, 2.05) is 0 Å². The van der Waals surface area contributed by atoms with Crippen molar-refractivity contribution in [3.63, 3.8) is 0 Å². The third-order valence-corrected chi connectivity index (χ3v) is 4.43. The minimum absolute atomic E-state index is 0.443. The molecule has 0 spiro atoms. The summed E-state index contributed by atoms with van der Waals surface area (Å²) >= 11 is 0. The number of rotatable bonds is 5. The molecule has 7 nitrogen and oxygen atoms in total. The molecule has 1 aliphatic heterocycles. The van der Waals surface area contributed by atoms with E-state index in [-0.39, 0.29) is 0 Å². The van der Waals surface area contributed by atoms with Crippen LogP contribution in [0.25, 0.3) is 5.69 Å². The summed E-state index contributed by atoms with van der Waals surface area (Å²) in [6.45, 7) is 3.85. The van der Waals surface area contributed by atoms with E-state index in [0.717, 1.165) is 49.7 Å². The van der Waals surface area contributed by atoms with Gasteiger partial charge in [0.15, 0.2) is 5.82 Å². The quantitative estimate of drug-likeness (QED) is 0.771. The minimum Gasteiger partial charge on any atom is -0.308 e. The number of aryl methyl sites for hydroxylation is 2. The van der Waals surface area contributed by atoms with E-state index in [4.69, 9.17) is 0 Å². The van der Waals surface area contributed by atoms with Gasteiger partial charge in [0.25, 0.3) is 0 Å². The van der Waals surface area contributed by atoms with Crippen LogP contribution in [0.4, 0.5) is 0 Å². The molecule has 3 heterocycles. The lowest BCUT2D eigenvalue weighted by Crippen LogP contribution is -2.37. The van der Waals surface area contributed by atoms with E-state index in [0.29, 0.717) is 6.04 Å². The highest BCUT2D eigenvalue weighted by atomic mass is 15.4. The molecule has 0 saturated carbocycles. The summed E-state index contributed by atoms with van der Waals surface area (Å²) < 4.78 is 3.82. The molecule has 1 atom stereocenters. The molecule has 0 bridgehead atoms. The summed E-state index contributed by atoms with van der Waals surface area (Å²) in [6, 6.07) is 8.83. The second-order valence-electron chi connectivity index (χ2n) is 6.10. The van der Waals surface area contributed by atoms with E-state index in [1.165, 1.54) is 5.56 Å². The Morgan fingerprint density at radius 3 is 2.88 bits per heavy atom. The molecule has 3 aromatic rings. The fraction of sp³-hybridized carbons (Fsp3) is 0.412. The number of hydrogen-bond donors (Lipinski definition) is 1. The lowest BCUT2D eigenvalue weighted by Gasteiger charge is -2.23. The van der Waals surface area contributed by atoms with E-state index < -0.39 is 0 Å². The highest BCUT2D eigenvalue weighted by Crippen LogP contribution is 2.14. The van der Waals surface area contributed by atoms with Gasteiger partial charge in [-0.1, -0.05) is 19.1 Å². The highest BCUT2D eigenvalue weighted by molar-refractivity contribution is 5.33. The lowest BCUT2D eigenvalue weighted by molar-refractivity contribution is 0.357. The second-order valence-corrected chi connectivity index (χ2v) is 6.10. The third kappa shape index (κ3) is 3.07. The van der Waals surface area contributed by atoms with Gasteiger partial charge >= 0.3 is 0 Å². The molecule has 24 heavy (non-hydrogen) atoms. The molecule has 124 valence electrons. The monoisotopic (exact) mass is 323 g/mol. The molecule has 0 unspecified atom stereocenters. The smallest absolute Gasteiger partial charge is 0.150 e. The molecule has 0 amide bonds. The van der Waals surface area contributed by atoms with Gasteiger partial charge in [-0.3, -0.25) is 0 Å². The molecule has 4 rings (SSSR count). The minimum atomic E-state index is 0.443. The van der Waals surface area contributed by atoms with Crippen molar-refractivity contribution >= 4 is 0 Å². The van der Waals surface area contributed by atoms with Gasteiger partial charge in [0.1, 0.15) is 18.5 Å². The van der Waals surface area contributed by atoms with Crippen LogP contribution in [0, 0.1) is 0 Å². The Morgan fingerprint density at radius 1 is 1.25 bits per heavy atom. The Kier molecular flexibility index (Phi) is 4.08. The molecule has 0 fully saturated rings. The summed E-state index contributed by atoms with van der Waals surface area (Å²) in [6.07, 6.45) is 6.25. The Morgan fingerprint density at radius 2 is 2.12 bits per heavy atom. The van der Waals surface area contributed by atoms with Crippen molar-refractivity contribution in [2.24, 2.45) is 0 Å². The van der Waals surface area contributed by atoms with Gasteiger partial charge < -0.3 is 5.32 Å². The third-order valence-electron chi connectivity index (χ3n) is 4.43. The van der Waals surface area contributed by atoms with Crippen LogP contribution in [-0.2, 0) is 25.9 Å². The molecule has 0 radical (unpaired) electrons. The van der Waals surface area contributed by atoms with Gasteiger partial charge in [-0.15, -0.1) is 0 Å². The molecular weight excluding hydrogens is 302 g/mol. The highest BCUT2D eigenvalue weighted by Gasteiger charge is 2.20. The van der Waals surface area contributed by atoms with Crippen LogP contribution in [-0.4, -0.2) is 35.6 Å². The summed E-state index contributed by atoms with van der Waals surface area (Å²) in [5, 5.41) is 12.3. The van der Waals surface area contributed by atoms with Gasteiger partial charge in [-0.05, 0) is 24.1 Å². The van der Waals surface area contributed by atoms with Gasteiger partial charge in [-0.25, -0.2) is 19.3 Å². The van der Waals surface area contributed by atoms with Crippen LogP contribution in [0.2, 0.25) is 0 Å². The summed E-state index contributed by atoms with van der Waals surface area (Å²) in [7, 11) is 0. The van der Waals surface area contributed by atoms with Crippen molar-refractivity contribution in [3.05, 3.63) is 54.1 Å². The zero-order chi connectivity index (χ0) is 16.4. The van der Waals surface area contributed by atoms with Gasteiger partial charge in [0, 0.05) is 25.4 Å². The van der Waals surface area contributed by atoms with Crippen LogP contribution >= 0.6 is 0 Å². The number of nitrogens with zero attached hydrogens (tertiary/aromatic N) is 6. The van der Waals surface area contributed by atoms with E-state index in [1.54, 1.807) is 17.3 Å². The summed E-state index contributed by atoms with van der Waals surface area (Å²) in [5.41, 5.74) is 2.28. The molecule has 0 aliphatic carbocycles. The maximum atomic E-state index is 4.57. The molecule has 2 aromatic heterocycles. The Hall–Kier alpha value is -2.54. The SMILES string of the molecule is CCc1nc2n(n1)C[C@@H](NCc1ccc(-n3cncn3)cc1)CC2. The average molecular weight is 323 g/mol. The first kappa shape index (κ1) is 15.0. The number of aromatic nitrogens is 6. The van der Waals surface area contributed by atoms with Crippen molar-refractivity contribution < 1.29 is 0 Å². The molecule has 1 aliphatic rings. The number of hydrogen-bond acceptors (Lipinski definition) is 5. The number of nitrogens with one attached hydrogen (secondary N) is 1. The Labute approximate surface area is 140 Å². The maximum absolute atomic E-state index is 4.57. The fourth-order valence-electron chi connectivity index (χ4n) is 3.05. The summed E-state index contributed by atoms with van der Waals surface area (Å²) in [4.78, 5) is 8.54. The van der Waals surface area contributed by atoms with E-state index in [9.17, 15) is 0 Å². The van der Waals surface area contributed by atoms with Crippen molar-refractivity contribution in [2.75, 3.05) is 0 Å². The average Bonchev–Trinajstić information content (AvgIpc) is 3.29. The van der Waals surface area contributed by atoms with Crippen LogP contribution in [0.5, 0.6) is 0 Å². The van der Waals surface area contributed by atoms with Crippen LogP contribution in [0.15, 0.2) is 36.9 Å². The van der Waals surface area contributed by atoms with Crippen molar-refractivity contribution in [3.8, 4) is 5.69 Å². The fourth-order valence-corrected chi connectivity index (χ4v) is 3.05. The number of fused-ring (bicyclic) bond motifs is 1.